The summed E-state index contributed by atoms with van der Waals surface area (Å²) in [6.07, 6.45) is 0. The van der Waals surface area contributed by atoms with Crippen LogP contribution < -0.4 is 10.1 Å². The lowest BCUT2D eigenvalue weighted by atomic mass is 10.0. The molecule has 0 aliphatic carbocycles. The second-order valence-electron chi connectivity index (χ2n) is 5.78. The number of halogens is 2. The fourth-order valence-electron chi connectivity index (χ4n) is 2.55. The fourth-order valence-corrected chi connectivity index (χ4v) is 2.95. The van der Waals surface area contributed by atoms with E-state index < -0.39 is 5.91 Å². The summed E-state index contributed by atoms with van der Waals surface area (Å²) >= 11 is 12.0. The van der Waals surface area contributed by atoms with E-state index in [-0.39, 0.29) is 29.5 Å². The lowest BCUT2D eigenvalue weighted by molar-refractivity contribution is 0.0944. The number of aromatic hydroxyl groups is 1. The molecule has 3 aromatic rings. The highest BCUT2D eigenvalue weighted by atomic mass is 35.5. The molecule has 138 valence electrons. The third kappa shape index (κ3) is 4.94. The van der Waals surface area contributed by atoms with Gasteiger partial charge in [0.05, 0.1) is 17.1 Å². The highest BCUT2D eigenvalue weighted by Crippen LogP contribution is 2.33. The van der Waals surface area contributed by atoms with E-state index in [0.717, 1.165) is 11.1 Å². The average molecular weight is 402 g/mol. The highest BCUT2D eigenvalue weighted by molar-refractivity contribution is 6.33. The normalized spacial score (nSPS) is 10.4. The molecule has 0 aliphatic rings. The van der Waals surface area contributed by atoms with Gasteiger partial charge in [-0.25, -0.2) is 0 Å². The zero-order chi connectivity index (χ0) is 19.2. The Bertz CT molecular complexity index is 945. The summed E-state index contributed by atoms with van der Waals surface area (Å²) < 4.78 is 5.53. The van der Waals surface area contributed by atoms with Crippen LogP contribution in [0.3, 0.4) is 0 Å². The molecule has 0 aromatic heterocycles. The van der Waals surface area contributed by atoms with Crippen molar-refractivity contribution in [3.63, 3.8) is 0 Å². The van der Waals surface area contributed by atoms with Gasteiger partial charge in [-0.1, -0.05) is 59.6 Å². The van der Waals surface area contributed by atoms with Gasteiger partial charge < -0.3 is 15.2 Å². The molecule has 3 rings (SSSR count). The van der Waals surface area contributed by atoms with Crippen molar-refractivity contribution < 1.29 is 14.6 Å². The number of carbonyl (C=O) groups excluding carboxylic acids is 1. The number of amides is 1. The van der Waals surface area contributed by atoms with E-state index in [2.05, 4.69) is 5.32 Å². The van der Waals surface area contributed by atoms with Crippen molar-refractivity contribution in [1.82, 2.24) is 5.32 Å². The molecule has 0 bridgehead atoms. The average Bonchev–Trinajstić information content (AvgIpc) is 2.68. The maximum atomic E-state index is 12.5. The van der Waals surface area contributed by atoms with Crippen LogP contribution in [0.1, 0.15) is 10.4 Å². The standard InChI is InChI=1S/C21H17Cl2NO3/c22-16-7-4-8-17(13-16)27-10-9-24-21(26)18-11-15(12-19(23)20(18)25)14-5-2-1-3-6-14/h1-8,11-13,25H,9-10H2,(H,24,26). The first-order valence-corrected chi connectivity index (χ1v) is 9.04. The molecule has 1 amide bonds. The lowest BCUT2D eigenvalue weighted by Gasteiger charge is -2.11. The van der Waals surface area contributed by atoms with E-state index in [9.17, 15) is 9.90 Å². The summed E-state index contributed by atoms with van der Waals surface area (Å²) in [5.41, 5.74) is 1.76. The largest absolute Gasteiger partial charge is 0.506 e. The van der Waals surface area contributed by atoms with Crippen LogP contribution in [0.2, 0.25) is 10.0 Å². The minimum atomic E-state index is -0.429. The molecule has 0 fully saturated rings. The SMILES string of the molecule is O=C(NCCOc1cccc(Cl)c1)c1cc(-c2ccccc2)cc(Cl)c1O. The number of phenolic OH excluding ortho intramolecular Hbond substituents is 1. The van der Waals surface area contributed by atoms with E-state index in [1.807, 2.05) is 30.3 Å². The molecule has 2 N–H and O–H groups in total. The van der Waals surface area contributed by atoms with Gasteiger partial charge in [-0.15, -0.1) is 0 Å². The van der Waals surface area contributed by atoms with Gasteiger partial charge in [0, 0.05) is 5.02 Å². The number of hydrogen-bond donors (Lipinski definition) is 2. The van der Waals surface area contributed by atoms with E-state index >= 15 is 0 Å². The summed E-state index contributed by atoms with van der Waals surface area (Å²) in [7, 11) is 0. The molecular weight excluding hydrogens is 385 g/mol. The van der Waals surface area contributed by atoms with E-state index in [1.54, 1.807) is 36.4 Å². The number of hydrogen-bond acceptors (Lipinski definition) is 3. The summed E-state index contributed by atoms with van der Waals surface area (Å²) in [5.74, 6) is -0.0554. The lowest BCUT2D eigenvalue weighted by Crippen LogP contribution is -2.28. The first kappa shape index (κ1) is 19.1. The van der Waals surface area contributed by atoms with Gasteiger partial charge in [-0.3, -0.25) is 4.79 Å². The molecule has 0 atom stereocenters. The zero-order valence-electron chi connectivity index (χ0n) is 14.3. The summed E-state index contributed by atoms with van der Waals surface area (Å²) in [6.45, 7) is 0.525. The minimum absolute atomic E-state index is 0.115. The molecule has 0 heterocycles. The Kier molecular flexibility index (Phi) is 6.22. The van der Waals surface area contributed by atoms with Crippen molar-refractivity contribution in [3.05, 3.63) is 82.3 Å². The van der Waals surface area contributed by atoms with Crippen LogP contribution >= 0.6 is 23.2 Å². The second-order valence-corrected chi connectivity index (χ2v) is 6.63. The molecule has 0 radical (unpaired) electrons. The van der Waals surface area contributed by atoms with Crippen molar-refractivity contribution in [2.45, 2.75) is 0 Å². The Balaban J connectivity index is 1.66. The minimum Gasteiger partial charge on any atom is -0.506 e. The smallest absolute Gasteiger partial charge is 0.255 e. The van der Waals surface area contributed by atoms with E-state index in [4.69, 9.17) is 27.9 Å². The quantitative estimate of drug-likeness (QED) is 0.559. The number of benzene rings is 3. The maximum Gasteiger partial charge on any atom is 0.255 e. The fraction of sp³-hybridized carbons (Fsp3) is 0.0952. The molecule has 3 aromatic carbocycles. The number of nitrogens with one attached hydrogen (secondary N) is 1. The van der Waals surface area contributed by atoms with Gasteiger partial charge >= 0.3 is 0 Å². The summed E-state index contributed by atoms with van der Waals surface area (Å²) in [5, 5.41) is 13.6. The molecule has 0 spiro atoms. The van der Waals surface area contributed by atoms with Crippen LogP contribution in [0.25, 0.3) is 11.1 Å². The molecular formula is C21H17Cl2NO3. The van der Waals surface area contributed by atoms with Crippen LogP contribution in [0.15, 0.2) is 66.7 Å². The molecule has 27 heavy (non-hydrogen) atoms. The predicted octanol–water partition coefficient (Wildman–Crippen LogP) is 5.17. The number of rotatable bonds is 6. The molecule has 4 nitrogen and oxygen atoms in total. The topological polar surface area (TPSA) is 58.6 Å². The van der Waals surface area contributed by atoms with E-state index in [0.29, 0.717) is 10.8 Å². The van der Waals surface area contributed by atoms with Crippen LogP contribution in [-0.2, 0) is 0 Å². The van der Waals surface area contributed by atoms with E-state index in [1.165, 1.54) is 0 Å². The Hall–Kier alpha value is -2.69. The zero-order valence-corrected chi connectivity index (χ0v) is 15.8. The van der Waals surface area contributed by atoms with Crippen molar-refractivity contribution in [2.24, 2.45) is 0 Å². The Morgan fingerprint density at radius 1 is 0.963 bits per heavy atom. The first-order chi connectivity index (χ1) is 13.0. The Morgan fingerprint density at radius 2 is 1.74 bits per heavy atom. The van der Waals surface area contributed by atoms with Crippen LogP contribution in [0, 0.1) is 0 Å². The van der Waals surface area contributed by atoms with Gasteiger partial charge in [0.1, 0.15) is 18.1 Å². The van der Waals surface area contributed by atoms with Crippen molar-refractivity contribution in [2.75, 3.05) is 13.2 Å². The molecule has 0 saturated heterocycles. The molecule has 6 heteroatoms. The third-order valence-corrected chi connectivity index (χ3v) is 4.39. The van der Waals surface area contributed by atoms with Gasteiger partial charge in [0.25, 0.3) is 5.91 Å². The summed E-state index contributed by atoms with van der Waals surface area (Å²) in [4.78, 5) is 12.5. The Morgan fingerprint density at radius 3 is 2.48 bits per heavy atom. The Labute approximate surface area is 167 Å². The van der Waals surface area contributed by atoms with Gasteiger partial charge in [-0.2, -0.15) is 0 Å². The van der Waals surface area contributed by atoms with Gasteiger partial charge in [0.2, 0.25) is 0 Å². The monoisotopic (exact) mass is 401 g/mol. The van der Waals surface area contributed by atoms with Crippen molar-refractivity contribution in [1.29, 1.82) is 0 Å². The number of carbonyl (C=O) groups is 1. The predicted molar refractivity (Wildman–Crippen MR) is 108 cm³/mol. The van der Waals surface area contributed by atoms with Gasteiger partial charge in [0.15, 0.2) is 0 Å². The first-order valence-electron chi connectivity index (χ1n) is 8.29. The molecule has 0 aliphatic heterocycles. The van der Waals surface area contributed by atoms with Crippen molar-refractivity contribution >= 4 is 29.1 Å². The maximum absolute atomic E-state index is 12.5. The van der Waals surface area contributed by atoms with Crippen LogP contribution in [-0.4, -0.2) is 24.2 Å². The summed E-state index contributed by atoms with van der Waals surface area (Å²) in [6, 6.07) is 19.8. The van der Waals surface area contributed by atoms with Gasteiger partial charge in [-0.05, 0) is 41.5 Å². The van der Waals surface area contributed by atoms with Crippen molar-refractivity contribution in [3.8, 4) is 22.6 Å². The number of phenols is 1. The second kappa shape index (κ2) is 8.80. The third-order valence-electron chi connectivity index (χ3n) is 3.87. The highest BCUT2D eigenvalue weighted by Gasteiger charge is 2.16. The van der Waals surface area contributed by atoms with Crippen LogP contribution in [0.5, 0.6) is 11.5 Å². The number of ether oxygens (including phenoxy) is 1. The molecule has 0 saturated carbocycles. The van der Waals surface area contributed by atoms with Crippen LogP contribution in [0.4, 0.5) is 0 Å². The molecule has 0 unspecified atom stereocenters.